The largest absolute Gasteiger partial charge is 0.387 e. The van der Waals surface area contributed by atoms with Crippen LogP contribution in [0.5, 0.6) is 0 Å². The molecule has 1 aliphatic carbocycles. The zero-order valence-corrected chi connectivity index (χ0v) is 16.0. The molecule has 1 amide bonds. The van der Waals surface area contributed by atoms with Gasteiger partial charge in [-0.05, 0) is 37.1 Å². The fraction of sp³-hybridized carbons (Fsp3) is 0.333. The Morgan fingerprint density at radius 1 is 1.21 bits per heavy atom. The summed E-state index contributed by atoms with van der Waals surface area (Å²) in [7, 11) is 0. The molecule has 2 N–H and O–H groups in total. The maximum atomic E-state index is 13.0. The van der Waals surface area contributed by atoms with Gasteiger partial charge in [0.05, 0.1) is 17.5 Å². The van der Waals surface area contributed by atoms with Crippen LogP contribution >= 0.6 is 0 Å². The molecule has 0 aromatic carbocycles. The van der Waals surface area contributed by atoms with Gasteiger partial charge in [-0.3, -0.25) is 14.8 Å². The number of anilines is 1. The highest BCUT2D eigenvalue weighted by Gasteiger charge is 2.61. The van der Waals surface area contributed by atoms with E-state index in [0.717, 1.165) is 21.9 Å². The number of pyridine rings is 3. The second-order valence-corrected chi connectivity index (χ2v) is 7.34. The monoisotopic (exact) mass is 398 g/mol. The van der Waals surface area contributed by atoms with Crippen LogP contribution in [0.15, 0.2) is 36.8 Å². The summed E-state index contributed by atoms with van der Waals surface area (Å²) in [4.78, 5) is 24.8. The molecule has 1 saturated carbocycles. The van der Waals surface area contributed by atoms with E-state index in [2.05, 4.69) is 20.3 Å². The Labute approximate surface area is 166 Å². The van der Waals surface area contributed by atoms with Crippen LogP contribution in [-0.2, 0) is 4.79 Å². The van der Waals surface area contributed by atoms with Crippen molar-refractivity contribution in [2.24, 2.45) is 5.92 Å². The number of nitrogens with one attached hydrogen (secondary N) is 1. The van der Waals surface area contributed by atoms with E-state index < -0.39 is 30.3 Å². The first kappa shape index (κ1) is 19.3. The van der Waals surface area contributed by atoms with Crippen molar-refractivity contribution in [1.29, 1.82) is 0 Å². The first-order valence-electron chi connectivity index (χ1n) is 9.38. The molecule has 1 fully saturated rings. The quantitative estimate of drug-likeness (QED) is 0.677. The molecule has 1 unspecified atom stereocenters. The molecule has 3 aromatic rings. The Morgan fingerprint density at radius 2 is 1.90 bits per heavy atom. The van der Waals surface area contributed by atoms with Gasteiger partial charge in [0.1, 0.15) is 11.7 Å². The molecule has 0 radical (unpaired) electrons. The predicted octanol–water partition coefficient (Wildman–Crippen LogP) is 4.04. The molecule has 0 bridgehead atoms. The maximum absolute atomic E-state index is 13.0. The molecule has 4 rings (SSSR count). The summed E-state index contributed by atoms with van der Waals surface area (Å²) in [6, 6.07) is 5.30. The number of alkyl halides is 2. The minimum Gasteiger partial charge on any atom is -0.387 e. The van der Waals surface area contributed by atoms with Crippen molar-refractivity contribution in [3.8, 4) is 11.3 Å². The van der Waals surface area contributed by atoms with Gasteiger partial charge in [0.2, 0.25) is 5.91 Å². The number of aliphatic hydroxyl groups excluding tert-OH is 1. The number of hydrogen-bond donors (Lipinski definition) is 2. The normalized spacial score (nSPS) is 18.4. The van der Waals surface area contributed by atoms with Crippen LogP contribution in [-0.4, -0.2) is 31.9 Å². The van der Waals surface area contributed by atoms with E-state index in [9.17, 15) is 18.7 Å². The molecule has 6 nitrogen and oxygen atoms in total. The number of amides is 1. The van der Waals surface area contributed by atoms with E-state index in [1.165, 1.54) is 0 Å². The Balaban J connectivity index is 1.58. The lowest BCUT2D eigenvalue weighted by atomic mass is 10.0. The number of aryl methyl sites for hydroxylation is 1. The number of carbonyl (C=O) groups is 1. The smallest absolute Gasteiger partial charge is 0.260 e. The second kappa shape index (κ2) is 7.11. The van der Waals surface area contributed by atoms with Gasteiger partial charge < -0.3 is 10.4 Å². The lowest BCUT2D eigenvalue weighted by Gasteiger charge is -2.11. The first-order valence-corrected chi connectivity index (χ1v) is 9.38. The van der Waals surface area contributed by atoms with Crippen molar-refractivity contribution >= 4 is 22.5 Å². The number of rotatable bonds is 5. The lowest BCUT2D eigenvalue weighted by molar-refractivity contribution is -0.119. The molecule has 150 valence electrons. The molecule has 3 aromatic heterocycles. The highest BCUT2D eigenvalue weighted by molar-refractivity contribution is 5.96. The number of carbonyl (C=O) groups excluding carboxylic acids is 1. The van der Waals surface area contributed by atoms with Gasteiger partial charge in [-0.1, -0.05) is 6.92 Å². The Morgan fingerprint density at radius 3 is 2.55 bits per heavy atom. The summed E-state index contributed by atoms with van der Waals surface area (Å²) in [5, 5.41) is 13.9. The van der Waals surface area contributed by atoms with Gasteiger partial charge in [0, 0.05) is 41.3 Å². The molecule has 2 atom stereocenters. The minimum atomic E-state index is -2.91. The number of nitrogens with zero attached hydrogens (tertiary/aromatic N) is 3. The molecule has 1 aliphatic rings. The van der Waals surface area contributed by atoms with Crippen LogP contribution in [0.25, 0.3) is 22.0 Å². The van der Waals surface area contributed by atoms with Gasteiger partial charge >= 0.3 is 0 Å². The summed E-state index contributed by atoms with van der Waals surface area (Å²) < 4.78 is 26.0. The zero-order chi connectivity index (χ0) is 20.8. The molecule has 0 aliphatic heterocycles. The topological polar surface area (TPSA) is 88.0 Å². The van der Waals surface area contributed by atoms with Gasteiger partial charge in [-0.2, -0.15) is 0 Å². The summed E-state index contributed by atoms with van der Waals surface area (Å²) in [5.41, 5.74) is 3.11. The third kappa shape index (κ3) is 3.80. The van der Waals surface area contributed by atoms with Crippen molar-refractivity contribution in [3.63, 3.8) is 0 Å². The lowest BCUT2D eigenvalue weighted by Crippen LogP contribution is -2.18. The number of aliphatic hydroxyl groups is 1. The third-order valence-corrected chi connectivity index (χ3v) is 5.13. The Bertz CT molecular complexity index is 1100. The SMILES string of the molecule is CCC(O)c1cc(C)c(-c2cc3cnc(NC(=O)[C@H]4CC4(F)F)cc3cn2)cn1. The van der Waals surface area contributed by atoms with Crippen molar-refractivity contribution in [2.45, 2.75) is 38.7 Å². The number of halogens is 2. The van der Waals surface area contributed by atoms with Crippen molar-refractivity contribution < 1.29 is 18.7 Å². The first-order chi connectivity index (χ1) is 13.8. The van der Waals surface area contributed by atoms with Gasteiger partial charge in [0.25, 0.3) is 5.92 Å². The summed E-state index contributed by atoms with van der Waals surface area (Å²) in [5.74, 6) is -4.69. The van der Waals surface area contributed by atoms with E-state index in [4.69, 9.17) is 0 Å². The zero-order valence-electron chi connectivity index (χ0n) is 16.0. The maximum Gasteiger partial charge on any atom is 0.260 e. The van der Waals surface area contributed by atoms with Gasteiger partial charge in [-0.15, -0.1) is 0 Å². The van der Waals surface area contributed by atoms with Crippen LogP contribution in [0.3, 0.4) is 0 Å². The van der Waals surface area contributed by atoms with Crippen molar-refractivity contribution in [3.05, 3.63) is 48.0 Å². The molecular formula is C21H20F2N4O2. The fourth-order valence-corrected chi connectivity index (χ4v) is 3.20. The van der Waals surface area contributed by atoms with E-state index in [1.807, 2.05) is 26.0 Å². The highest BCUT2D eigenvalue weighted by atomic mass is 19.3. The molecule has 29 heavy (non-hydrogen) atoms. The van der Waals surface area contributed by atoms with Gasteiger partial charge in [-0.25, -0.2) is 13.8 Å². The summed E-state index contributed by atoms with van der Waals surface area (Å²) in [6.45, 7) is 3.82. The van der Waals surface area contributed by atoms with E-state index in [-0.39, 0.29) is 5.82 Å². The predicted molar refractivity (Wildman–Crippen MR) is 104 cm³/mol. The van der Waals surface area contributed by atoms with Crippen LogP contribution in [0.2, 0.25) is 0 Å². The standard InChI is InChI=1S/C21H20F2N4O2/c1-3-18(28)17-4-11(2)14(10-25-17)16-5-12-9-26-19(6-13(12)8-24-16)27-20(29)15-7-21(15,22)23/h4-6,8-10,15,18,28H,3,7H2,1-2H3,(H,26,27,29)/t15-,18?/m1/s1. The van der Waals surface area contributed by atoms with Gasteiger partial charge in [0.15, 0.2) is 0 Å². The average molecular weight is 398 g/mol. The number of fused-ring (bicyclic) bond motifs is 1. The molecule has 8 heteroatoms. The van der Waals surface area contributed by atoms with Crippen LogP contribution < -0.4 is 5.32 Å². The molecule has 0 spiro atoms. The highest BCUT2D eigenvalue weighted by Crippen LogP contribution is 2.49. The third-order valence-electron chi connectivity index (χ3n) is 5.13. The van der Waals surface area contributed by atoms with Crippen molar-refractivity contribution in [2.75, 3.05) is 5.32 Å². The Hall–Kier alpha value is -3.00. The summed E-state index contributed by atoms with van der Waals surface area (Å²) >= 11 is 0. The van der Waals surface area contributed by atoms with Crippen LogP contribution in [0.4, 0.5) is 14.6 Å². The molecule has 0 saturated heterocycles. The van der Waals surface area contributed by atoms with E-state index >= 15 is 0 Å². The summed E-state index contributed by atoms with van der Waals surface area (Å²) in [6.07, 6.45) is 4.47. The fourth-order valence-electron chi connectivity index (χ4n) is 3.20. The molecular weight excluding hydrogens is 378 g/mol. The van der Waals surface area contributed by atoms with Crippen LogP contribution in [0.1, 0.15) is 37.1 Å². The number of aromatic nitrogens is 3. The van der Waals surface area contributed by atoms with Crippen molar-refractivity contribution in [1.82, 2.24) is 15.0 Å². The molecule has 3 heterocycles. The second-order valence-electron chi connectivity index (χ2n) is 7.34. The van der Waals surface area contributed by atoms with E-state index in [1.54, 1.807) is 24.7 Å². The number of hydrogen-bond acceptors (Lipinski definition) is 5. The Kier molecular flexibility index (Phi) is 4.74. The average Bonchev–Trinajstić information content (AvgIpc) is 3.35. The van der Waals surface area contributed by atoms with E-state index in [0.29, 0.717) is 17.8 Å². The minimum absolute atomic E-state index is 0.218. The van der Waals surface area contributed by atoms with Crippen LogP contribution in [0, 0.1) is 12.8 Å².